The van der Waals surface area contributed by atoms with Crippen LogP contribution >= 0.6 is 11.3 Å². The van der Waals surface area contributed by atoms with Crippen molar-refractivity contribution < 1.29 is 17.9 Å². The first kappa shape index (κ1) is 23.1. The van der Waals surface area contributed by atoms with Crippen molar-refractivity contribution in [2.24, 2.45) is 0 Å². The number of morpholine rings is 1. The number of hydrogen-bond acceptors (Lipinski definition) is 7. The lowest BCUT2D eigenvalue weighted by Crippen LogP contribution is -2.40. The Morgan fingerprint density at radius 1 is 1.22 bits per heavy atom. The van der Waals surface area contributed by atoms with Crippen molar-refractivity contribution in [3.8, 4) is 10.6 Å². The highest BCUT2D eigenvalue weighted by Gasteiger charge is 2.27. The number of benzene rings is 1. The number of rotatable bonds is 8. The lowest BCUT2D eigenvalue weighted by Gasteiger charge is -2.26. The number of aromatic nitrogens is 2. The third-order valence-electron chi connectivity index (χ3n) is 5.26. The molecule has 0 spiro atoms. The Bertz CT molecular complexity index is 1230. The molecule has 0 aliphatic carbocycles. The smallest absolute Gasteiger partial charge is 0.278 e. The molecule has 1 saturated heterocycles. The molecule has 1 fully saturated rings. The van der Waals surface area contributed by atoms with Crippen molar-refractivity contribution >= 4 is 32.4 Å². The second-order valence-corrected chi connectivity index (χ2v) is 10.7. The number of aryl methyl sites for hydroxylation is 1. The molecule has 32 heavy (non-hydrogen) atoms. The van der Waals surface area contributed by atoms with E-state index in [1.165, 1.54) is 15.6 Å². The predicted molar refractivity (Wildman–Crippen MR) is 125 cm³/mol. The molecule has 1 aliphatic rings. The Morgan fingerprint density at radius 3 is 2.69 bits per heavy atom. The molecular weight excluding hydrogens is 450 g/mol. The van der Waals surface area contributed by atoms with Gasteiger partial charge >= 0.3 is 0 Å². The van der Waals surface area contributed by atoms with Gasteiger partial charge in [0.2, 0.25) is 10.0 Å². The number of hydrogen-bond donors (Lipinski definition) is 0. The van der Waals surface area contributed by atoms with Crippen molar-refractivity contribution in [2.75, 3.05) is 32.9 Å². The number of fused-ring (bicyclic) bond motifs is 1. The quantitative estimate of drug-likeness (QED) is 0.464. The van der Waals surface area contributed by atoms with Gasteiger partial charge in [-0.3, -0.25) is 4.79 Å². The maximum absolute atomic E-state index is 13.3. The Hall–Kier alpha value is -2.11. The summed E-state index contributed by atoms with van der Waals surface area (Å²) in [6.45, 7) is 6.34. The van der Waals surface area contributed by atoms with E-state index in [-0.39, 0.29) is 16.6 Å². The van der Waals surface area contributed by atoms with Crippen molar-refractivity contribution in [1.29, 1.82) is 0 Å². The first-order chi connectivity index (χ1) is 15.4. The Labute approximate surface area is 191 Å². The van der Waals surface area contributed by atoms with Gasteiger partial charge in [-0.2, -0.15) is 4.31 Å². The van der Waals surface area contributed by atoms with Crippen LogP contribution in [0.15, 0.2) is 45.4 Å². The predicted octanol–water partition coefficient (Wildman–Crippen LogP) is 2.96. The highest BCUT2D eigenvalue weighted by molar-refractivity contribution is 7.89. The highest BCUT2D eigenvalue weighted by atomic mass is 32.2. The normalized spacial score (nSPS) is 15.6. The van der Waals surface area contributed by atoms with Crippen LogP contribution in [0.1, 0.15) is 20.3 Å². The van der Waals surface area contributed by atoms with E-state index >= 15 is 0 Å². The molecule has 0 radical (unpaired) electrons. The molecule has 2 aromatic heterocycles. The molecule has 8 nitrogen and oxygen atoms in total. The Balaban J connectivity index is 1.77. The first-order valence-corrected chi connectivity index (χ1v) is 13.0. The van der Waals surface area contributed by atoms with Crippen LogP contribution in [0.5, 0.6) is 0 Å². The van der Waals surface area contributed by atoms with E-state index in [1.807, 2.05) is 31.4 Å². The Kier molecular flexibility index (Phi) is 7.06. The van der Waals surface area contributed by atoms with Crippen LogP contribution in [0.3, 0.4) is 0 Å². The van der Waals surface area contributed by atoms with Gasteiger partial charge < -0.3 is 14.0 Å². The van der Waals surface area contributed by atoms with Crippen molar-refractivity contribution in [3.05, 3.63) is 46.1 Å². The number of sulfonamides is 1. The van der Waals surface area contributed by atoms with Crippen molar-refractivity contribution in [3.63, 3.8) is 0 Å². The van der Waals surface area contributed by atoms with E-state index in [1.54, 1.807) is 22.8 Å². The molecule has 1 aliphatic heterocycles. The summed E-state index contributed by atoms with van der Waals surface area (Å²) in [5.41, 5.74) is 1.24. The van der Waals surface area contributed by atoms with E-state index in [2.05, 4.69) is 4.98 Å². The van der Waals surface area contributed by atoms with Gasteiger partial charge in [0, 0.05) is 26.2 Å². The van der Waals surface area contributed by atoms with E-state index in [0.717, 1.165) is 4.88 Å². The molecule has 0 unspecified atom stereocenters. The van der Waals surface area contributed by atoms with Crippen LogP contribution in [0, 0.1) is 0 Å². The number of thiophene rings is 1. The van der Waals surface area contributed by atoms with Gasteiger partial charge in [-0.05, 0) is 49.9 Å². The molecule has 172 valence electrons. The molecule has 1 aromatic carbocycles. The summed E-state index contributed by atoms with van der Waals surface area (Å²) in [6.07, 6.45) is 0.782. The fourth-order valence-corrected chi connectivity index (χ4v) is 5.79. The second kappa shape index (κ2) is 9.80. The monoisotopic (exact) mass is 477 g/mol. The summed E-state index contributed by atoms with van der Waals surface area (Å²) in [6, 6.07) is 8.52. The molecule has 3 heterocycles. The Morgan fingerprint density at radius 2 is 2.00 bits per heavy atom. The fraction of sp³-hybridized carbons (Fsp3) is 0.455. The molecule has 4 rings (SSSR count). The standard InChI is InChI=1S/C22H27N3O5S2/c1-16(2)30-11-4-8-25-19-7-6-17(32(27,28)24-9-12-29-13-10-24)15-18(19)23-21(22(25)26)20-5-3-14-31-20/h3,5-7,14-16H,4,8-13H2,1-2H3. The maximum Gasteiger partial charge on any atom is 0.278 e. The lowest BCUT2D eigenvalue weighted by molar-refractivity contribution is 0.0730. The molecule has 0 atom stereocenters. The minimum atomic E-state index is -3.67. The zero-order valence-electron chi connectivity index (χ0n) is 18.2. The van der Waals surface area contributed by atoms with Crippen molar-refractivity contribution in [2.45, 2.75) is 37.8 Å². The summed E-state index contributed by atoms with van der Waals surface area (Å²) < 4.78 is 40.3. The summed E-state index contributed by atoms with van der Waals surface area (Å²) in [7, 11) is -3.67. The minimum absolute atomic E-state index is 0.121. The lowest BCUT2D eigenvalue weighted by atomic mass is 10.2. The zero-order chi connectivity index (χ0) is 22.7. The van der Waals surface area contributed by atoms with E-state index in [0.29, 0.717) is 62.6 Å². The largest absolute Gasteiger partial charge is 0.379 e. The highest BCUT2D eigenvalue weighted by Crippen LogP contribution is 2.25. The van der Waals surface area contributed by atoms with E-state index < -0.39 is 10.0 Å². The zero-order valence-corrected chi connectivity index (χ0v) is 19.8. The molecular formula is C22H27N3O5S2. The van der Waals surface area contributed by atoms with Gasteiger partial charge in [-0.25, -0.2) is 13.4 Å². The minimum Gasteiger partial charge on any atom is -0.379 e. The first-order valence-electron chi connectivity index (χ1n) is 10.7. The number of ether oxygens (including phenoxy) is 2. The summed E-state index contributed by atoms with van der Waals surface area (Å²) in [4.78, 5) is 18.8. The van der Waals surface area contributed by atoms with Crippen molar-refractivity contribution in [1.82, 2.24) is 13.9 Å². The fourth-order valence-electron chi connectivity index (χ4n) is 3.66. The van der Waals surface area contributed by atoms with Crippen LogP contribution in [0.25, 0.3) is 21.6 Å². The summed E-state index contributed by atoms with van der Waals surface area (Å²) in [5, 5.41) is 1.89. The van der Waals surface area contributed by atoms with E-state index in [4.69, 9.17) is 9.47 Å². The van der Waals surface area contributed by atoms with Crippen LogP contribution in [0.4, 0.5) is 0 Å². The molecule has 0 saturated carbocycles. The average Bonchev–Trinajstić information content (AvgIpc) is 3.32. The van der Waals surface area contributed by atoms with E-state index in [9.17, 15) is 13.2 Å². The molecule has 3 aromatic rings. The summed E-state index contributed by atoms with van der Waals surface area (Å²) in [5.74, 6) is 0. The van der Waals surface area contributed by atoms with Crippen LogP contribution in [-0.4, -0.2) is 61.3 Å². The van der Waals surface area contributed by atoms with Crippen LogP contribution in [0.2, 0.25) is 0 Å². The molecule has 0 amide bonds. The molecule has 0 N–H and O–H groups in total. The second-order valence-electron chi connectivity index (χ2n) is 7.83. The third kappa shape index (κ3) is 4.79. The number of nitrogens with zero attached hydrogens (tertiary/aromatic N) is 3. The van der Waals surface area contributed by atoms with Gasteiger partial charge in [0.15, 0.2) is 0 Å². The average molecular weight is 478 g/mol. The maximum atomic E-state index is 13.3. The van der Waals surface area contributed by atoms with Gasteiger partial charge in [-0.1, -0.05) is 6.07 Å². The van der Waals surface area contributed by atoms with Gasteiger partial charge in [-0.15, -0.1) is 11.3 Å². The molecule has 10 heteroatoms. The van der Waals surface area contributed by atoms with Gasteiger partial charge in [0.1, 0.15) is 5.69 Å². The third-order valence-corrected chi connectivity index (χ3v) is 8.03. The SMILES string of the molecule is CC(C)OCCCn1c(=O)c(-c2cccs2)nc2cc(S(=O)(=O)N3CCOCC3)ccc21. The van der Waals surface area contributed by atoms with Crippen LogP contribution < -0.4 is 5.56 Å². The molecule has 0 bridgehead atoms. The van der Waals surface area contributed by atoms with Gasteiger partial charge in [0.05, 0.1) is 40.1 Å². The topological polar surface area (TPSA) is 90.7 Å². The van der Waals surface area contributed by atoms with Crippen LogP contribution in [-0.2, 0) is 26.0 Å². The van der Waals surface area contributed by atoms with Gasteiger partial charge in [0.25, 0.3) is 5.56 Å². The summed E-state index contributed by atoms with van der Waals surface area (Å²) >= 11 is 1.43.